The van der Waals surface area contributed by atoms with Gasteiger partial charge < -0.3 is 0 Å². The lowest BCUT2D eigenvalue weighted by Crippen LogP contribution is -2.16. The van der Waals surface area contributed by atoms with E-state index in [0.29, 0.717) is 0 Å². The molecule has 3 heteroatoms. The average Bonchev–Trinajstić information content (AvgIpc) is 2.69. The molecular weight excluding hydrogens is 303 g/mol. The summed E-state index contributed by atoms with van der Waals surface area (Å²) in [5, 5.41) is 0. The van der Waals surface area contributed by atoms with Crippen molar-refractivity contribution in [1.29, 1.82) is 0 Å². The van der Waals surface area contributed by atoms with Gasteiger partial charge in [-0.15, -0.1) is 0 Å². The van der Waals surface area contributed by atoms with Gasteiger partial charge in [-0.3, -0.25) is 0 Å². The fourth-order valence-corrected chi connectivity index (χ4v) is 2.97. The van der Waals surface area contributed by atoms with Gasteiger partial charge in [0.25, 0.3) is 0 Å². The molecule has 3 aromatic carbocycles. The minimum Gasteiger partial charge on any atom is -0.245 e. The van der Waals surface area contributed by atoms with Crippen molar-refractivity contribution in [2.45, 2.75) is 0 Å². The standard InChI is InChI=1S/C22H15BN2/c23-22-24-20(17-12-6-2-7-13-17)19(16-10-4-1-5-11-16)21(25-22)18-14-8-3-9-15-18/h1-15H. The Bertz CT molecular complexity index is 924. The first-order chi connectivity index (χ1) is 12.3. The van der Waals surface area contributed by atoms with Crippen molar-refractivity contribution in [2.75, 3.05) is 0 Å². The fourth-order valence-electron chi connectivity index (χ4n) is 2.97. The number of hydrogen-bond acceptors (Lipinski definition) is 2. The highest BCUT2D eigenvalue weighted by atomic mass is 14.9. The maximum atomic E-state index is 6.06. The molecule has 0 unspecified atom stereocenters. The van der Waals surface area contributed by atoms with E-state index in [1.165, 1.54) is 0 Å². The van der Waals surface area contributed by atoms with E-state index in [1.807, 2.05) is 78.9 Å². The molecule has 1 aromatic heterocycles. The molecule has 0 saturated heterocycles. The van der Waals surface area contributed by atoms with Crippen molar-refractivity contribution in [3.05, 3.63) is 91.0 Å². The lowest BCUT2D eigenvalue weighted by molar-refractivity contribution is 1.24. The Labute approximate surface area is 148 Å². The second kappa shape index (κ2) is 6.74. The lowest BCUT2D eigenvalue weighted by Gasteiger charge is -2.15. The number of rotatable bonds is 3. The largest absolute Gasteiger partial charge is 0.245 e. The van der Waals surface area contributed by atoms with Gasteiger partial charge in [0, 0.05) is 16.7 Å². The second-order valence-electron chi connectivity index (χ2n) is 5.75. The Hall–Kier alpha value is -3.20. The molecule has 2 nitrogen and oxygen atoms in total. The van der Waals surface area contributed by atoms with Gasteiger partial charge in [-0.05, 0) is 5.56 Å². The maximum absolute atomic E-state index is 6.06. The van der Waals surface area contributed by atoms with Crippen molar-refractivity contribution < 1.29 is 0 Å². The van der Waals surface area contributed by atoms with E-state index < -0.39 is 0 Å². The number of hydrogen-bond donors (Lipinski definition) is 0. The Kier molecular flexibility index (Phi) is 4.13. The summed E-state index contributed by atoms with van der Waals surface area (Å²) in [6.07, 6.45) is 0. The number of nitrogens with zero attached hydrogens (tertiary/aromatic N) is 2. The van der Waals surface area contributed by atoms with Crippen LogP contribution >= 0.6 is 0 Å². The Balaban J connectivity index is 2.07. The summed E-state index contributed by atoms with van der Waals surface area (Å²) >= 11 is 0. The normalized spacial score (nSPS) is 10.6. The maximum Gasteiger partial charge on any atom is 0.170 e. The van der Waals surface area contributed by atoms with Crippen LogP contribution in [0.3, 0.4) is 0 Å². The van der Waals surface area contributed by atoms with Gasteiger partial charge in [0.15, 0.2) is 7.85 Å². The molecule has 0 N–H and O–H groups in total. The minimum absolute atomic E-state index is 0.275. The zero-order chi connectivity index (χ0) is 17.1. The van der Waals surface area contributed by atoms with Crippen LogP contribution < -0.4 is 5.72 Å². The van der Waals surface area contributed by atoms with Crippen LogP contribution in [0.25, 0.3) is 33.6 Å². The van der Waals surface area contributed by atoms with Crippen molar-refractivity contribution in [3.63, 3.8) is 0 Å². The highest BCUT2D eigenvalue weighted by Gasteiger charge is 2.17. The molecule has 1 heterocycles. The number of benzene rings is 3. The first kappa shape index (κ1) is 15.3. The van der Waals surface area contributed by atoms with Gasteiger partial charge in [-0.1, -0.05) is 91.0 Å². The highest BCUT2D eigenvalue weighted by molar-refractivity contribution is 6.29. The van der Waals surface area contributed by atoms with Crippen LogP contribution in [0.1, 0.15) is 0 Å². The summed E-state index contributed by atoms with van der Waals surface area (Å²) in [7, 11) is 6.06. The van der Waals surface area contributed by atoms with Crippen LogP contribution in [-0.2, 0) is 0 Å². The van der Waals surface area contributed by atoms with Crippen molar-refractivity contribution in [3.8, 4) is 33.6 Å². The van der Waals surface area contributed by atoms with Crippen LogP contribution in [0.5, 0.6) is 0 Å². The van der Waals surface area contributed by atoms with Gasteiger partial charge in [0.1, 0.15) is 0 Å². The molecule has 0 aliphatic carbocycles. The van der Waals surface area contributed by atoms with Crippen molar-refractivity contribution in [1.82, 2.24) is 9.97 Å². The Morgan fingerprint density at radius 1 is 0.480 bits per heavy atom. The zero-order valence-corrected chi connectivity index (χ0v) is 13.6. The first-order valence-corrected chi connectivity index (χ1v) is 8.17. The summed E-state index contributed by atoms with van der Waals surface area (Å²) in [6.45, 7) is 0. The third-order valence-electron chi connectivity index (χ3n) is 4.08. The molecule has 4 aromatic rings. The lowest BCUT2D eigenvalue weighted by atomic mass is 9.93. The predicted octanol–water partition coefficient (Wildman–Crippen LogP) is 4.27. The molecule has 0 bridgehead atoms. The molecule has 116 valence electrons. The summed E-state index contributed by atoms with van der Waals surface area (Å²) in [5.74, 6) is 0. The van der Waals surface area contributed by atoms with Gasteiger partial charge in [0.05, 0.1) is 17.1 Å². The van der Waals surface area contributed by atoms with Crippen LogP contribution in [-0.4, -0.2) is 17.8 Å². The molecule has 0 aliphatic heterocycles. The molecule has 0 spiro atoms. The van der Waals surface area contributed by atoms with Gasteiger partial charge in [0.2, 0.25) is 0 Å². The molecule has 25 heavy (non-hydrogen) atoms. The number of aromatic nitrogens is 2. The topological polar surface area (TPSA) is 25.8 Å². The summed E-state index contributed by atoms with van der Waals surface area (Å²) < 4.78 is 0. The van der Waals surface area contributed by atoms with E-state index in [9.17, 15) is 0 Å². The first-order valence-electron chi connectivity index (χ1n) is 8.17. The molecule has 0 saturated carbocycles. The van der Waals surface area contributed by atoms with E-state index in [-0.39, 0.29) is 5.72 Å². The van der Waals surface area contributed by atoms with Gasteiger partial charge in [-0.2, -0.15) is 0 Å². The van der Waals surface area contributed by atoms with Gasteiger partial charge >= 0.3 is 0 Å². The van der Waals surface area contributed by atoms with E-state index in [0.717, 1.165) is 33.6 Å². The monoisotopic (exact) mass is 318 g/mol. The molecule has 0 aliphatic rings. The van der Waals surface area contributed by atoms with Crippen LogP contribution in [0, 0.1) is 0 Å². The van der Waals surface area contributed by atoms with Crippen LogP contribution in [0.4, 0.5) is 0 Å². The van der Waals surface area contributed by atoms with E-state index in [4.69, 9.17) is 7.85 Å². The Morgan fingerprint density at radius 2 is 0.840 bits per heavy atom. The third-order valence-corrected chi connectivity index (χ3v) is 4.08. The summed E-state index contributed by atoms with van der Waals surface area (Å²) in [6, 6.07) is 30.4. The molecule has 0 atom stereocenters. The quantitative estimate of drug-likeness (QED) is 0.527. The SMILES string of the molecule is [B]c1nc(-c2ccccc2)c(-c2ccccc2)c(-c2ccccc2)n1. The van der Waals surface area contributed by atoms with Crippen LogP contribution in [0.2, 0.25) is 0 Å². The third kappa shape index (κ3) is 3.09. The van der Waals surface area contributed by atoms with Crippen molar-refractivity contribution >= 4 is 13.6 Å². The smallest absolute Gasteiger partial charge is 0.170 e. The van der Waals surface area contributed by atoms with Gasteiger partial charge in [-0.25, -0.2) is 9.97 Å². The van der Waals surface area contributed by atoms with Crippen LogP contribution in [0.15, 0.2) is 91.0 Å². The van der Waals surface area contributed by atoms with E-state index >= 15 is 0 Å². The molecule has 2 radical (unpaired) electrons. The average molecular weight is 318 g/mol. The fraction of sp³-hybridized carbons (Fsp3) is 0. The van der Waals surface area contributed by atoms with Crippen molar-refractivity contribution in [2.24, 2.45) is 0 Å². The molecular formula is C22H15BN2. The summed E-state index contributed by atoms with van der Waals surface area (Å²) in [5.41, 5.74) is 6.07. The Morgan fingerprint density at radius 3 is 1.24 bits per heavy atom. The minimum atomic E-state index is 0.275. The zero-order valence-electron chi connectivity index (χ0n) is 13.6. The molecule has 0 amide bonds. The molecule has 0 fully saturated rings. The summed E-state index contributed by atoms with van der Waals surface area (Å²) in [4.78, 5) is 9.15. The van der Waals surface area contributed by atoms with E-state index in [1.54, 1.807) is 0 Å². The second-order valence-corrected chi connectivity index (χ2v) is 5.75. The highest BCUT2D eigenvalue weighted by Crippen LogP contribution is 2.36. The molecule has 4 rings (SSSR count). The van der Waals surface area contributed by atoms with E-state index in [2.05, 4.69) is 22.1 Å². The predicted molar refractivity (Wildman–Crippen MR) is 104 cm³/mol.